The van der Waals surface area contributed by atoms with Gasteiger partial charge < -0.3 is 10.4 Å². The van der Waals surface area contributed by atoms with Gasteiger partial charge >= 0.3 is 0 Å². The molecule has 0 radical (unpaired) electrons. The van der Waals surface area contributed by atoms with E-state index in [4.69, 9.17) is 0 Å². The van der Waals surface area contributed by atoms with Crippen molar-refractivity contribution in [2.75, 3.05) is 11.9 Å². The zero-order valence-corrected chi connectivity index (χ0v) is 9.80. The number of aliphatic hydroxyl groups is 1. The highest BCUT2D eigenvalue weighted by molar-refractivity contribution is 7.13. The molecule has 0 saturated carbocycles. The fourth-order valence-electron chi connectivity index (χ4n) is 0.933. The van der Waals surface area contributed by atoms with Crippen LogP contribution in [0.15, 0.2) is 5.38 Å². The third-order valence-electron chi connectivity index (χ3n) is 1.70. The predicted molar refractivity (Wildman–Crippen MR) is 60.2 cm³/mol. The maximum Gasteiger partial charge on any atom is 0.256 e. The first-order valence-electron chi connectivity index (χ1n) is 4.64. The summed E-state index contributed by atoms with van der Waals surface area (Å²) < 4.78 is 0. The Morgan fingerprint density at radius 1 is 1.62 bits per heavy atom. The second-order valence-corrected chi connectivity index (χ2v) is 4.09. The van der Waals surface area contributed by atoms with Crippen molar-refractivity contribution in [1.82, 2.24) is 10.3 Å². The molecule has 0 fully saturated rings. The summed E-state index contributed by atoms with van der Waals surface area (Å²) >= 11 is 1.28. The van der Waals surface area contributed by atoms with Gasteiger partial charge in [-0.25, -0.2) is 4.98 Å². The monoisotopic (exact) mass is 243 g/mol. The van der Waals surface area contributed by atoms with Crippen LogP contribution < -0.4 is 10.6 Å². The van der Waals surface area contributed by atoms with Crippen molar-refractivity contribution in [3.8, 4) is 0 Å². The Morgan fingerprint density at radius 2 is 2.31 bits per heavy atom. The molecule has 7 heteroatoms. The van der Waals surface area contributed by atoms with E-state index >= 15 is 0 Å². The lowest BCUT2D eigenvalue weighted by atomic mass is 10.3. The zero-order chi connectivity index (χ0) is 12.1. The number of rotatable bonds is 4. The number of aryl methyl sites for hydroxylation is 1. The highest BCUT2D eigenvalue weighted by Gasteiger charge is 2.16. The molecular formula is C9H13N3O3S. The number of carbonyl (C=O) groups excluding carboxylic acids is 2. The average Bonchev–Trinajstić information content (AvgIpc) is 2.60. The summed E-state index contributed by atoms with van der Waals surface area (Å²) in [5.41, 5.74) is 0.802. The first-order chi connectivity index (χ1) is 7.49. The molecule has 1 heterocycles. The van der Waals surface area contributed by atoms with E-state index in [1.54, 1.807) is 12.3 Å². The van der Waals surface area contributed by atoms with Gasteiger partial charge in [0.25, 0.3) is 5.91 Å². The van der Waals surface area contributed by atoms with Crippen molar-refractivity contribution in [2.45, 2.75) is 20.0 Å². The Balaban J connectivity index is 2.42. The minimum absolute atomic E-state index is 0.106. The predicted octanol–water partition coefficient (Wildman–Crippen LogP) is -0.113. The number of carbonyl (C=O) groups is 2. The number of anilines is 1. The summed E-state index contributed by atoms with van der Waals surface area (Å²) in [6.07, 6.45) is -1.27. The summed E-state index contributed by atoms with van der Waals surface area (Å²) in [5, 5.41) is 16.4. The summed E-state index contributed by atoms with van der Waals surface area (Å²) in [6, 6.07) is 0. The normalized spacial score (nSPS) is 11.9. The molecule has 0 aliphatic rings. The zero-order valence-electron chi connectivity index (χ0n) is 8.98. The van der Waals surface area contributed by atoms with E-state index in [0.717, 1.165) is 5.69 Å². The van der Waals surface area contributed by atoms with Crippen LogP contribution in [0.2, 0.25) is 0 Å². The van der Waals surface area contributed by atoms with Gasteiger partial charge in [-0.1, -0.05) is 0 Å². The molecule has 1 atom stereocenters. The SMILES string of the molecule is CC(=O)NCC(O)C(=O)Nc1nc(C)cs1. The van der Waals surface area contributed by atoms with Crippen molar-refractivity contribution in [2.24, 2.45) is 0 Å². The lowest BCUT2D eigenvalue weighted by Crippen LogP contribution is -2.38. The summed E-state index contributed by atoms with van der Waals surface area (Å²) in [6.45, 7) is 3.01. The lowest BCUT2D eigenvalue weighted by molar-refractivity contribution is -0.125. The van der Waals surface area contributed by atoms with Crippen LogP contribution in [0.4, 0.5) is 5.13 Å². The molecule has 0 aliphatic carbocycles. The van der Waals surface area contributed by atoms with Crippen molar-refractivity contribution in [3.63, 3.8) is 0 Å². The van der Waals surface area contributed by atoms with Gasteiger partial charge in [-0.3, -0.25) is 14.9 Å². The number of hydrogen-bond donors (Lipinski definition) is 3. The number of hydrogen-bond acceptors (Lipinski definition) is 5. The number of nitrogens with one attached hydrogen (secondary N) is 2. The van der Waals surface area contributed by atoms with Gasteiger partial charge in [0.15, 0.2) is 5.13 Å². The smallest absolute Gasteiger partial charge is 0.256 e. The second-order valence-electron chi connectivity index (χ2n) is 3.24. The molecule has 0 bridgehead atoms. The second kappa shape index (κ2) is 5.57. The van der Waals surface area contributed by atoms with E-state index in [9.17, 15) is 14.7 Å². The third kappa shape index (κ3) is 3.95. The molecule has 1 aromatic heterocycles. The van der Waals surface area contributed by atoms with Gasteiger partial charge in [-0.05, 0) is 6.92 Å². The largest absolute Gasteiger partial charge is 0.381 e. The Bertz CT molecular complexity index is 391. The minimum Gasteiger partial charge on any atom is -0.381 e. The molecular weight excluding hydrogens is 230 g/mol. The third-order valence-corrected chi connectivity index (χ3v) is 2.57. The van der Waals surface area contributed by atoms with Crippen LogP contribution in [-0.2, 0) is 9.59 Å². The highest BCUT2D eigenvalue weighted by atomic mass is 32.1. The van der Waals surface area contributed by atoms with Gasteiger partial charge in [0.1, 0.15) is 6.10 Å². The van der Waals surface area contributed by atoms with Crippen LogP contribution in [0.3, 0.4) is 0 Å². The summed E-state index contributed by atoms with van der Waals surface area (Å²) in [7, 11) is 0. The maximum atomic E-state index is 11.4. The standard InChI is InChI=1S/C9H13N3O3S/c1-5-4-16-9(11-5)12-8(15)7(14)3-10-6(2)13/h4,7,14H,3H2,1-2H3,(H,10,13)(H,11,12,15). The van der Waals surface area contributed by atoms with Crippen molar-refractivity contribution < 1.29 is 14.7 Å². The minimum atomic E-state index is -1.27. The number of thiazole rings is 1. The average molecular weight is 243 g/mol. The van der Waals surface area contributed by atoms with Gasteiger partial charge in [0.05, 0.1) is 12.2 Å². The van der Waals surface area contributed by atoms with Gasteiger partial charge in [0, 0.05) is 12.3 Å². The van der Waals surface area contributed by atoms with Crippen LogP contribution in [0, 0.1) is 6.92 Å². The molecule has 1 unspecified atom stereocenters. The molecule has 0 saturated heterocycles. The quantitative estimate of drug-likeness (QED) is 0.688. The Kier molecular flexibility index (Phi) is 4.39. The molecule has 3 N–H and O–H groups in total. The van der Waals surface area contributed by atoms with E-state index < -0.39 is 12.0 Å². The van der Waals surface area contributed by atoms with Crippen molar-refractivity contribution in [3.05, 3.63) is 11.1 Å². The van der Waals surface area contributed by atoms with E-state index in [1.807, 2.05) is 0 Å². The number of amides is 2. The van der Waals surface area contributed by atoms with Crippen LogP contribution in [0.5, 0.6) is 0 Å². The molecule has 16 heavy (non-hydrogen) atoms. The molecule has 0 aromatic carbocycles. The van der Waals surface area contributed by atoms with Gasteiger partial charge in [0.2, 0.25) is 5.91 Å². The fourth-order valence-corrected chi connectivity index (χ4v) is 1.62. The van der Waals surface area contributed by atoms with Crippen LogP contribution in [0.1, 0.15) is 12.6 Å². The molecule has 0 aliphatic heterocycles. The lowest BCUT2D eigenvalue weighted by Gasteiger charge is -2.09. The first-order valence-corrected chi connectivity index (χ1v) is 5.52. The molecule has 0 spiro atoms. The van der Waals surface area contributed by atoms with Gasteiger partial charge in [-0.2, -0.15) is 0 Å². The van der Waals surface area contributed by atoms with E-state index in [1.165, 1.54) is 18.3 Å². The van der Waals surface area contributed by atoms with E-state index in [-0.39, 0.29) is 12.5 Å². The fraction of sp³-hybridized carbons (Fsp3) is 0.444. The van der Waals surface area contributed by atoms with Crippen LogP contribution in [-0.4, -0.2) is 34.6 Å². The van der Waals surface area contributed by atoms with Crippen molar-refractivity contribution >= 4 is 28.3 Å². The Morgan fingerprint density at radius 3 is 2.81 bits per heavy atom. The van der Waals surface area contributed by atoms with E-state index in [0.29, 0.717) is 5.13 Å². The van der Waals surface area contributed by atoms with E-state index in [2.05, 4.69) is 15.6 Å². The number of aromatic nitrogens is 1. The molecule has 1 rings (SSSR count). The molecule has 2 amide bonds. The molecule has 88 valence electrons. The van der Waals surface area contributed by atoms with Crippen molar-refractivity contribution in [1.29, 1.82) is 0 Å². The summed E-state index contributed by atoms with van der Waals surface area (Å²) in [5.74, 6) is -0.875. The molecule has 6 nitrogen and oxygen atoms in total. The topological polar surface area (TPSA) is 91.3 Å². The summed E-state index contributed by atoms with van der Waals surface area (Å²) in [4.78, 5) is 26.0. The first kappa shape index (κ1) is 12.6. The van der Waals surface area contributed by atoms with Crippen LogP contribution in [0.25, 0.3) is 0 Å². The van der Waals surface area contributed by atoms with Crippen LogP contribution >= 0.6 is 11.3 Å². The Hall–Kier alpha value is -1.47. The molecule has 1 aromatic rings. The maximum absolute atomic E-state index is 11.4. The number of aliphatic hydroxyl groups excluding tert-OH is 1. The Labute approximate surface area is 96.7 Å². The van der Waals surface area contributed by atoms with Gasteiger partial charge in [-0.15, -0.1) is 11.3 Å². The highest BCUT2D eigenvalue weighted by Crippen LogP contribution is 2.14. The number of nitrogens with zero attached hydrogens (tertiary/aromatic N) is 1.